The van der Waals surface area contributed by atoms with Crippen LogP contribution >= 0.6 is 15.9 Å². The van der Waals surface area contributed by atoms with Crippen molar-refractivity contribution >= 4 is 37.5 Å². The number of aryl methyl sites for hydroxylation is 2. The highest BCUT2D eigenvalue weighted by molar-refractivity contribution is 9.10. The van der Waals surface area contributed by atoms with Gasteiger partial charge in [-0.1, -0.05) is 59.6 Å². The number of ether oxygens (including phenoxy) is 1. The second kappa shape index (κ2) is 10.1. The van der Waals surface area contributed by atoms with Gasteiger partial charge in [0.15, 0.2) is 6.61 Å². The predicted molar refractivity (Wildman–Crippen MR) is 135 cm³/mol. The van der Waals surface area contributed by atoms with Crippen molar-refractivity contribution < 1.29 is 17.9 Å². The number of hydrogen-bond donors (Lipinski definition) is 0. The fraction of sp³-hybridized carbons (Fsp3) is 0.269. The van der Waals surface area contributed by atoms with E-state index in [9.17, 15) is 13.2 Å². The first-order chi connectivity index (χ1) is 15.5. The molecule has 0 radical (unpaired) electrons. The van der Waals surface area contributed by atoms with E-state index in [1.807, 2.05) is 52.8 Å². The molecular weight excluding hydrogens is 502 g/mol. The van der Waals surface area contributed by atoms with Gasteiger partial charge < -0.3 is 4.74 Å². The summed E-state index contributed by atoms with van der Waals surface area (Å²) in [5, 5.41) is 0. The van der Waals surface area contributed by atoms with Crippen molar-refractivity contribution in [1.29, 1.82) is 0 Å². The van der Waals surface area contributed by atoms with E-state index in [2.05, 4.69) is 15.9 Å². The van der Waals surface area contributed by atoms with Crippen molar-refractivity contribution in [2.24, 2.45) is 0 Å². The van der Waals surface area contributed by atoms with Crippen molar-refractivity contribution in [3.63, 3.8) is 0 Å². The summed E-state index contributed by atoms with van der Waals surface area (Å²) < 4.78 is 34.9. The van der Waals surface area contributed by atoms with Gasteiger partial charge in [-0.15, -0.1) is 0 Å². The lowest BCUT2D eigenvalue weighted by Gasteiger charge is -2.25. The number of halogens is 1. The average Bonchev–Trinajstić information content (AvgIpc) is 2.76. The smallest absolute Gasteiger partial charge is 0.278 e. The second-order valence-corrected chi connectivity index (χ2v) is 11.0. The van der Waals surface area contributed by atoms with Crippen LogP contribution in [-0.2, 0) is 14.8 Å². The van der Waals surface area contributed by atoms with Gasteiger partial charge >= 0.3 is 0 Å². The molecule has 0 fully saturated rings. The molecule has 3 aromatic carbocycles. The van der Waals surface area contributed by atoms with Crippen molar-refractivity contribution in [2.45, 2.75) is 45.4 Å². The Morgan fingerprint density at radius 3 is 2.30 bits per heavy atom. The van der Waals surface area contributed by atoms with Gasteiger partial charge in [0.2, 0.25) is 0 Å². The molecule has 0 heterocycles. The monoisotopic (exact) mass is 529 g/mol. The highest BCUT2D eigenvalue weighted by atomic mass is 79.9. The molecule has 174 valence electrons. The van der Waals surface area contributed by atoms with Crippen LogP contribution in [0.5, 0.6) is 5.75 Å². The van der Waals surface area contributed by atoms with Gasteiger partial charge in [0, 0.05) is 4.47 Å². The molecule has 0 unspecified atom stereocenters. The molecule has 0 aromatic heterocycles. The van der Waals surface area contributed by atoms with Gasteiger partial charge in [0.25, 0.3) is 15.9 Å². The molecular formula is C26H28BrNO4S. The van der Waals surface area contributed by atoms with Crippen LogP contribution in [0.2, 0.25) is 0 Å². The van der Waals surface area contributed by atoms with E-state index in [0.29, 0.717) is 17.0 Å². The SMILES string of the molecule is Cc1ccc(S(=O)(=O)N(C(=O)COc2ccc(Br)cc2C(C)C)c2cccc(C)c2C)cc1. The quantitative estimate of drug-likeness (QED) is 0.360. The fourth-order valence-electron chi connectivity index (χ4n) is 3.47. The first-order valence-corrected chi connectivity index (χ1v) is 12.9. The van der Waals surface area contributed by atoms with Crippen molar-refractivity contribution in [3.05, 3.63) is 87.4 Å². The lowest BCUT2D eigenvalue weighted by molar-refractivity contribution is -0.119. The van der Waals surface area contributed by atoms with E-state index in [1.165, 1.54) is 12.1 Å². The van der Waals surface area contributed by atoms with Crippen LogP contribution < -0.4 is 9.04 Å². The molecule has 0 aliphatic carbocycles. The Morgan fingerprint density at radius 1 is 1.00 bits per heavy atom. The molecule has 3 aromatic rings. The van der Waals surface area contributed by atoms with Crippen LogP contribution in [0.25, 0.3) is 0 Å². The van der Waals surface area contributed by atoms with Gasteiger partial charge in [-0.25, -0.2) is 8.42 Å². The molecule has 0 saturated heterocycles. The highest BCUT2D eigenvalue weighted by Crippen LogP contribution is 2.31. The van der Waals surface area contributed by atoms with Gasteiger partial charge in [-0.3, -0.25) is 4.79 Å². The standard InChI is InChI=1S/C26H28BrNO4S/c1-17(2)23-15-21(27)11-14-25(23)32-16-26(29)28(24-8-6-7-19(4)20(24)5)33(30,31)22-12-9-18(3)10-13-22/h6-15,17H,16H2,1-5H3. The summed E-state index contributed by atoms with van der Waals surface area (Å²) in [7, 11) is -4.15. The van der Waals surface area contributed by atoms with E-state index in [1.54, 1.807) is 30.3 Å². The molecule has 0 saturated carbocycles. The van der Waals surface area contributed by atoms with Gasteiger partial charge in [-0.05, 0) is 79.8 Å². The Labute approximate surface area is 204 Å². The lowest BCUT2D eigenvalue weighted by atomic mass is 10.0. The number of rotatable bonds is 7. The van der Waals surface area contributed by atoms with Gasteiger partial charge in [0.05, 0.1) is 10.6 Å². The van der Waals surface area contributed by atoms with Gasteiger partial charge in [-0.2, -0.15) is 4.31 Å². The van der Waals surface area contributed by atoms with Crippen molar-refractivity contribution in [1.82, 2.24) is 0 Å². The number of sulfonamides is 1. The van der Waals surface area contributed by atoms with Crippen molar-refractivity contribution in [2.75, 3.05) is 10.9 Å². The third-order valence-corrected chi connectivity index (χ3v) is 7.77. The minimum atomic E-state index is -4.15. The summed E-state index contributed by atoms with van der Waals surface area (Å²) in [5.74, 6) is 0.0520. The molecule has 5 nitrogen and oxygen atoms in total. The highest BCUT2D eigenvalue weighted by Gasteiger charge is 2.32. The van der Waals surface area contributed by atoms with Crippen molar-refractivity contribution in [3.8, 4) is 5.75 Å². The van der Waals surface area contributed by atoms with Crippen LogP contribution in [0, 0.1) is 20.8 Å². The predicted octanol–water partition coefficient (Wildman–Crippen LogP) is 6.30. The third-order valence-electron chi connectivity index (χ3n) is 5.53. The van der Waals surface area contributed by atoms with E-state index >= 15 is 0 Å². The number of carbonyl (C=O) groups excluding carboxylic acids is 1. The maximum atomic E-state index is 13.6. The largest absolute Gasteiger partial charge is 0.483 e. The average molecular weight is 530 g/mol. The molecule has 3 rings (SSSR count). The number of nitrogens with zero attached hydrogens (tertiary/aromatic N) is 1. The molecule has 33 heavy (non-hydrogen) atoms. The molecule has 0 atom stereocenters. The Hall–Kier alpha value is -2.64. The molecule has 1 amide bonds. The first kappa shape index (κ1) is 25.0. The molecule has 0 N–H and O–H groups in total. The maximum Gasteiger partial charge on any atom is 0.278 e. The zero-order valence-electron chi connectivity index (χ0n) is 19.4. The third kappa shape index (κ3) is 5.47. The summed E-state index contributed by atoms with van der Waals surface area (Å²) in [6, 6.07) is 17.3. The number of amides is 1. The van der Waals surface area contributed by atoms with Crippen LogP contribution in [-0.4, -0.2) is 20.9 Å². The molecule has 0 bridgehead atoms. The molecule has 0 spiro atoms. The summed E-state index contributed by atoms with van der Waals surface area (Å²) in [5.41, 5.74) is 3.78. The molecule has 0 aliphatic rings. The number of anilines is 1. The van der Waals surface area contributed by atoms with Crippen LogP contribution in [0.1, 0.15) is 42.0 Å². The minimum absolute atomic E-state index is 0.0499. The normalized spacial score (nSPS) is 11.5. The minimum Gasteiger partial charge on any atom is -0.483 e. The molecule has 0 aliphatic heterocycles. The number of benzene rings is 3. The summed E-state index contributed by atoms with van der Waals surface area (Å²) in [6.45, 7) is 9.21. The van der Waals surface area contributed by atoms with E-state index in [4.69, 9.17) is 4.74 Å². The summed E-state index contributed by atoms with van der Waals surface area (Å²) >= 11 is 3.46. The Balaban J connectivity index is 2.02. The van der Waals surface area contributed by atoms with Crippen LogP contribution in [0.4, 0.5) is 5.69 Å². The van der Waals surface area contributed by atoms with Crippen LogP contribution in [0.3, 0.4) is 0 Å². The molecule has 7 heteroatoms. The Morgan fingerprint density at radius 2 is 1.67 bits per heavy atom. The summed E-state index contributed by atoms with van der Waals surface area (Å²) in [6.07, 6.45) is 0. The number of hydrogen-bond acceptors (Lipinski definition) is 4. The van der Waals surface area contributed by atoms with E-state index in [0.717, 1.165) is 25.5 Å². The lowest BCUT2D eigenvalue weighted by Crippen LogP contribution is -2.40. The first-order valence-electron chi connectivity index (χ1n) is 10.7. The van der Waals surface area contributed by atoms with Gasteiger partial charge in [0.1, 0.15) is 5.75 Å². The van der Waals surface area contributed by atoms with Crippen LogP contribution in [0.15, 0.2) is 70.0 Å². The zero-order chi connectivity index (χ0) is 24.3. The Bertz CT molecular complexity index is 1270. The maximum absolute atomic E-state index is 13.6. The second-order valence-electron chi connectivity index (χ2n) is 8.32. The topological polar surface area (TPSA) is 63.7 Å². The summed E-state index contributed by atoms with van der Waals surface area (Å²) in [4.78, 5) is 13.5. The Kier molecular flexibility index (Phi) is 7.65. The van der Waals surface area contributed by atoms with E-state index < -0.39 is 22.5 Å². The van der Waals surface area contributed by atoms with E-state index in [-0.39, 0.29) is 10.8 Å². The fourth-order valence-corrected chi connectivity index (χ4v) is 5.32. The number of carbonyl (C=O) groups is 1. The zero-order valence-corrected chi connectivity index (χ0v) is 21.8.